The molecule has 0 saturated carbocycles. The SMILES string of the molecule is CCc1ccc(-n2c(SCc3cc(=O)n4c(C)csc4n3)nc3ccccc3c2=O)cc1. The number of hydrogen-bond acceptors (Lipinski definition) is 6. The highest BCUT2D eigenvalue weighted by Crippen LogP contribution is 2.25. The number of thioether (sulfide) groups is 1. The number of benzene rings is 2. The number of nitrogens with zero attached hydrogens (tertiary/aromatic N) is 4. The summed E-state index contributed by atoms with van der Waals surface area (Å²) in [5.74, 6) is 0.431. The van der Waals surface area contributed by atoms with Gasteiger partial charge in [0.25, 0.3) is 11.1 Å². The Labute approximate surface area is 192 Å². The first-order chi connectivity index (χ1) is 15.5. The summed E-state index contributed by atoms with van der Waals surface area (Å²) < 4.78 is 3.26. The van der Waals surface area contributed by atoms with Gasteiger partial charge in [-0.15, -0.1) is 11.3 Å². The Morgan fingerprint density at radius 3 is 2.59 bits per heavy atom. The van der Waals surface area contributed by atoms with Crippen LogP contribution in [0.2, 0.25) is 0 Å². The summed E-state index contributed by atoms with van der Waals surface area (Å²) in [6.45, 7) is 3.99. The summed E-state index contributed by atoms with van der Waals surface area (Å²) in [5.41, 5.74) is 3.96. The smallest absolute Gasteiger partial charge is 0.266 e. The largest absolute Gasteiger partial charge is 0.269 e. The average molecular weight is 461 g/mol. The second-order valence-corrected chi connectivity index (χ2v) is 9.22. The molecule has 32 heavy (non-hydrogen) atoms. The van der Waals surface area contributed by atoms with Gasteiger partial charge in [0.05, 0.1) is 22.3 Å². The second kappa shape index (κ2) is 8.37. The molecule has 0 N–H and O–H groups in total. The van der Waals surface area contributed by atoms with Gasteiger partial charge in [-0.3, -0.25) is 18.6 Å². The molecule has 3 aromatic heterocycles. The average Bonchev–Trinajstić information content (AvgIpc) is 3.19. The number of fused-ring (bicyclic) bond motifs is 2. The third-order valence-electron chi connectivity index (χ3n) is 5.33. The van der Waals surface area contributed by atoms with Crippen LogP contribution in [0.4, 0.5) is 0 Å². The van der Waals surface area contributed by atoms with E-state index in [0.717, 1.165) is 17.8 Å². The topological polar surface area (TPSA) is 69.3 Å². The van der Waals surface area contributed by atoms with Crippen LogP contribution in [0.25, 0.3) is 21.6 Å². The van der Waals surface area contributed by atoms with Crippen LogP contribution in [0.15, 0.2) is 74.7 Å². The van der Waals surface area contributed by atoms with Crippen molar-refractivity contribution in [1.82, 2.24) is 18.9 Å². The van der Waals surface area contributed by atoms with Crippen molar-refractivity contribution >= 4 is 39.0 Å². The van der Waals surface area contributed by atoms with Crippen molar-refractivity contribution in [3.63, 3.8) is 0 Å². The molecule has 0 aliphatic carbocycles. The fourth-order valence-corrected chi connectivity index (χ4v) is 5.43. The molecule has 0 aliphatic heterocycles. The zero-order valence-electron chi connectivity index (χ0n) is 17.6. The molecular formula is C24H20N4O2S2. The summed E-state index contributed by atoms with van der Waals surface area (Å²) in [6, 6.07) is 16.9. The molecule has 160 valence electrons. The second-order valence-electron chi connectivity index (χ2n) is 7.44. The first-order valence-electron chi connectivity index (χ1n) is 10.3. The summed E-state index contributed by atoms with van der Waals surface area (Å²) in [4.78, 5) is 36.0. The first-order valence-corrected chi connectivity index (χ1v) is 12.1. The Morgan fingerprint density at radius 1 is 1.03 bits per heavy atom. The van der Waals surface area contributed by atoms with E-state index >= 15 is 0 Å². The highest BCUT2D eigenvalue weighted by Gasteiger charge is 2.15. The molecule has 8 heteroatoms. The van der Waals surface area contributed by atoms with Crippen molar-refractivity contribution in [1.29, 1.82) is 0 Å². The van der Waals surface area contributed by atoms with Crippen molar-refractivity contribution in [2.24, 2.45) is 0 Å². The zero-order chi connectivity index (χ0) is 22.2. The number of aryl methyl sites for hydroxylation is 2. The normalized spacial score (nSPS) is 11.4. The van der Waals surface area contributed by atoms with Gasteiger partial charge in [-0.2, -0.15) is 0 Å². The maximum atomic E-state index is 13.4. The van der Waals surface area contributed by atoms with E-state index in [2.05, 4.69) is 11.9 Å². The van der Waals surface area contributed by atoms with Gasteiger partial charge in [-0.1, -0.05) is 43.0 Å². The number of rotatable bonds is 5. The van der Waals surface area contributed by atoms with Gasteiger partial charge in [0.15, 0.2) is 10.1 Å². The van der Waals surface area contributed by atoms with Crippen LogP contribution in [-0.4, -0.2) is 18.9 Å². The molecule has 0 unspecified atom stereocenters. The molecule has 0 amide bonds. The molecule has 5 aromatic rings. The quantitative estimate of drug-likeness (QED) is 0.283. The van der Waals surface area contributed by atoms with Crippen LogP contribution >= 0.6 is 23.1 Å². The van der Waals surface area contributed by atoms with Crippen LogP contribution in [0, 0.1) is 6.92 Å². The molecule has 0 fully saturated rings. The van der Waals surface area contributed by atoms with E-state index in [0.29, 0.717) is 32.5 Å². The Hall–Kier alpha value is -3.23. The van der Waals surface area contributed by atoms with Crippen molar-refractivity contribution in [2.75, 3.05) is 0 Å². The molecule has 0 bridgehead atoms. The van der Waals surface area contributed by atoms with Gasteiger partial charge in [0.1, 0.15) is 0 Å². The summed E-state index contributed by atoms with van der Waals surface area (Å²) >= 11 is 2.85. The molecular weight excluding hydrogens is 440 g/mol. The van der Waals surface area contributed by atoms with Crippen molar-refractivity contribution in [3.05, 3.63) is 97.6 Å². The van der Waals surface area contributed by atoms with E-state index in [1.165, 1.54) is 28.7 Å². The Morgan fingerprint density at radius 2 is 1.81 bits per heavy atom. The fraction of sp³-hybridized carbons (Fsp3) is 0.167. The van der Waals surface area contributed by atoms with E-state index in [-0.39, 0.29) is 11.1 Å². The van der Waals surface area contributed by atoms with Crippen molar-refractivity contribution < 1.29 is 0 Å². The van der Waals surface area contributed by atoms with E-state index in [1.54, 1.807) is 21.1 Å². The van der Waals surface area contributed by atoms with Crippen LogP contribution in [0.1, 0.15) is 23.9 Å². The van der Waals surface area contributed by atoms with Gasteiger partial charge in [0.2, 0.25) is 0 Å². The lowest BCUT2D eigenvalue weighted by molar-refractivity contribution is 0.818. The fourth-order valence-electron chi connectivity index (χ4n) is 3.63. The minimum absolute atomic E-state index is 0.0941. The van der Waals surface area contributed by atoms with E-state index in [9.17, 15) is 9.59 Å². The van der Waals surface area contributed by atoms with Crippen LogP contribution in [0.5, 0.6) is 0 Å². The minimum Gasteiger partial charge on any atom is -0.269 e. The van der Waals surface area contributed by atoms with Gasteiger partial charge in [0, 0.05) is 22.9 Å². The summed E-state index contributed by atoms with van der Waals surface area (Å²) in [5, 5.41) is 3.06. The van der Waals surface area contributed by atoms with Gasteiger partial charge in [-0.05, 0) is 43.2 Å². The summed E-state index contributed by atoms with van der Waals surface area (Å²) in [6.07, 6.45) is 0.929. The molecule has 0 radical (unpaired) electrons. The lowest BCUT2D eigenvalue weighted by atomic mass is 10.1. The lowest BCUT2D eigenvalue weighted by Gasteiger charge is -2.13. The van der Waals surface area contributed by atoms with E-state index in [4.69, 9.17) is 4.98 Å². The molecule has 6 nitrogen and oxygen atoms in total. The molecule has 0 saturated heterocycles. The standard InChI is InChI=1S/C24H20N4O2S2/c1-3-16-8-10-18(11-9-16)28-22(30)19-6-4-5-7-20(19)26-24(28)32-14-17-12-21(29)27-15(2)13-31-23(27)25-17/h4-13H,3,14H2,1-2H3. The number of para-hydroxylation sites is 1. The first kappa shape index (κ1) is 20.7. The van der Waals surface area contributed by atoms with Crippen LogP contribution in [0.3, 0.4) is 0 Å². The molecule has 5 rings (SSSR count). The number of thiazole rings is 1. The molecule has 2 aromatic carbocycles. The maximum absolute atomic E-state index is 13.4. The predicted octanol–water partition coefficient (Wildman–Crippen LogP) is 4.62. The third kappa shape index (κ3) is 3.65. The maximum Gasteiger partial charge on any atom is 0.266 e. The predicted molar refractivity (Wildman–Crippen MR) is 130 cm³/mol. The Balaban J connectivity index is 1.59. The van der Waals surface area contributed by atoms with Gasteiger partial charge < -0.3 is 0 Å². The number of aromatic nitrogens is 4. The molecule has 3 heterocycles. The molecule has 0 aliphatic rings. The van der Waals surface area contributed by atoms with E-state index in [1.807, 2.05) is 54.8 Å². The zero-order valence-corrected chi connectivity index (χ0v) is 19.2. The third-order valence-corrected chi connectivity index (χ3v) is 7.24. The monoisotopic (exact) mass is 460 g/mol. The minimum atomic E-state index is -0.111. The van der Waals surface area contributed by atoms with Crippen molar-refractivity contribution in [2.45, 2.75) is 31.2 Å². The van der Waals surface area contributed by atoms with Crippen LogP contribution < -0.4 is 11.1 Å². The lowest BCUT2D eigenvalue weighted by Crippen LogP contribution is -2.22. The van der Waals surface area contributed by atoms with Crippen LogP contribution in [-0.2, 0) is 12.2 Å². The molecule has 0 spiro atoms. The van der Waals surface area contributed by atoms with Crippen molar-refractivity contribution in [3.8, 4) is 5.69 Å². The van der Waals surface area contributed by atoms with Gasteiger partial charge >= 0.3 is 0 Å². The highest BCUT2D eigenvalue weighted by molar-refractivity contribution is 7.98. The van der Waals surface area contributed by atoms with E-state index < -0.39 is 0 Å². The summed E-state index contributed by atoms with van der Waals surface area (Å²) in [7, 11) is 0. The highest BCUT2D eigenvalue weighted by atomic mass is 32.2. The number of hydrogen-bond donors (Lipinski definition) is 0. The Kier molecular flexibility index (Phi) is 5.40. The molecule has 0 atom stereocenters. The Bertz CT molecular complexity index is 1570. The van der Waals surface area contributed by atoms with Gasteiger partial charge in [-0.25, -0.2) is 9.97 Å².